The van der Waals surface area contributed by atoms with Crippen molar-refractivity contribution < 1.29 is 22.7 Å². The van der Waals surface area contributed by atoms with E-state index in [-0.39, 0.29) is 23.0 Å². The van der Waals surface area contributed by atoms with E-state index in [1.54, 1.807) is 36.4 Å². The number of benzene rings is 2. The number of carbonyl (C=O) groups is 1. The van der Waals surface area contributed by atoms with Crippen LogP contribution in [0.1, 0.15) is 56.7 Å². The summed E-state index contributed by atoms with van der Waals surface area (Å²) in [6.45, 7) is 7.77. The number of nitrogens with zero attached hydrogens (tertiary/aromatic N) is 2. The molecule has 0 aromatic heterocycles. The third-order valence-corrected chi connectivity index (χ3v) is 8.94. The first kappa shape index (κ1) is 24.2. The molecule has 180 valence electrons. The molecule has 2 aromatic rings. The molecule has 2 bridgehead atoms. The van der Waals surface area contributed by atoms with Crippen LogP contribution in [0.4, 0.5) is 4.79 Å². The van der Waals surface area contributed by atoms with Gasteiger partial charge in [0.15, 0.2) is 0 Å². The molecule has 7 nitrogen and oxygen atoms in total. The molecule has 3 atom stereocenters. The van der Waals surface area contributed by atoms with E-state index in [1.807, 2.05) is 19.9 Å². The maximum atomic E-state index is 13.5. The largest absolute Gasteiger partial charge is 0.442 e. The minimum atomic E-state index is -4.18. The fourth-order valence-corrected chi connectivity index (χ4v) is 6.14. The van der Waals surface area contributed by atoms with Crippen LogP contribution < -0.4 is 0 Å². The summed E-state index contributed by atoms with van der Waals surface area (Å²) in [7, 11) is -4.18. The predicted octanol–water partition coefficient (Wildman–Crippen LogP) is 4.93. The Morgan fingerprint density at radius 3 is 2.38 bits per heavy atom. The zero-order chi connectivity index (χ0) is 24.7. The molecule has 0 saturated carbocycles. The Balaban J connectivity index is 1.64. The first-order valence-electron chi connectivity index (χ1n) is 11.5. The number of fused-ring (bicyclic) bond motifs is 2. The van der Waals surface area contributed by atoms with Crippen molar-refractivity contribution in [3.05, 3.63) is 65.2 Å². The van der Waals surface area contributed by atoms with Crippen molar-refractivity contribution >= 4 is 16.1 Å². The van der Waals surface area contributed by atoms with Crippen molar-refractivity contribution in [2.75, 3.05) is 0 Å². The molecule has 0 N–H and O–H groups in total. The first-order valence-corrected chi connectivity index (χ1v) is 12.9. The van der Waals surface area contributed by atoms with Gasteiger partial charge in [-0.25, -0.2) is 13.2 Å². The molecule has 0 aliphatic carbocycles. The highest BCUT2D eigenvalue weighted by Crippen LogP contribution is 2.55. The van der Waals surface area contributed by atoms with E-state index in [1.165, 1.54) is 12.1 Å². The highest BCUT2D eigenvalue weighted by atomic mass is 32.2. The highest BCUT2D eigenvalue weighted by Gasteiger charge is 2.62. The minimum absolute atomic E-state index is 0.0118. The van der Waals surface area contributed by atoms with Crippen molar-refractivity contribution in [3.8, 4) is 6.07 Å². The molecule has 0 unspecified atom stereocenters. The Kier molecular flexibility index (Phi) is 6.21. The van der Waals surface area contributed by atoms with Gasteiger partial charge in [-0.05, 0) is 62.4 Å². The quantitative estimate of drug-likeness (QED) is 0.579. The molecule has 2 aliphatic rings. The Morgan fingerprint density at radius 2 is 1.82 bits per heavy atom. The lowest BCUT2D eigenvalue weighted by molar-refractivity contribution is -0.0827. The van der Waals surface area contributed by atoms with Gasteiger partial charge in [-0.3, -0.25) is 0 Å². The number of rotatable bonds is 6. The van der Waals surface area contributed by atoms with Crippen LogP contribution in [-0.4, -0.2) is 36.1 Å². The zero-order valence-corrected chi connectivity index (χ0v) is 20.8. The number of ether oxygens (including phenoxy) is 2. The summed E-state index contributed by atoms with van der Waals surface area (Å²) in [5.41, 5.74) is 0.943. The van der Waals surface area contributed by atoms with Crippen LogP contribution in [0.25, 0.3) is 0 Å². The highest BCUT2D eigenvalue weighted by molar-refractivity contribution is 7.89. The topological polar surface area (TPSA) is 96.7 Å². The van der Waals surface area contributed by atoms with Gasteiger partial charge < -0.3 is 9.47 Å². The summed E-state index contributed by atoms with van der Waals surface area (Å²) >= 11 is 0. The fraction of sp³-hybridized carbons (Fsp3) is 0.462. The Bertz CT molecular complexity index is 1220. The van der Waals surface area contributed by atoms with E-state index in [2.05, 4.69) is 13.8 Å². The second kappa shape index (κ2) is 8.71. The van der Waals surface area contributed by atoms with E-state index >= 15 is 0 Å². The van der Waals surface area contributed by atoms with Crippen molar-refractivity contribution in [1.29, 1.82) is 5.26 Å². The van der Waals surface area contributed by atoms with Crippen LogP contribution >= 0.6 is 0 Å². The summed E-state index contributed by atoms with van der Waals surface area (Å²) in [6, 6.07) is 14.8. The molecule has 1 amide bonds. The number of nitriles is 1. The van der Waals surface area contributed by atoms with Gasteiger partial charge in [-0.1, -0.05) is 43.7 Å². The van der Waals surface area contributed by atoms with Crippen molar-refractivity contribution in [2.24, 2.45) is 5.92 Å². The average Bonchev–Trinajstić information content (AvgIpc) is 3.30. The number of sulfonamides is 1. The van der Waals surface area contributed by atoms with Crippen LogP contribution in [0.3, 0.4) is 0 Å². The van der Waals surface area contributed by atoms with E-state index < -0.39 is 27.8 Å². The predicted molar refractivity (Wildman–Crippen MR) is 126 cm³/mol. The molecule has 2 aromatic carbocycles. The van der Waals surface area contributed by atoms with Gasteiger partial charge >= 0.3 is 6.09 Å². The molecule has 0 spiro atoms. The molecule has 2 fully saturated rings. The van der Waals surface area contributed by atoms with E-state index in [0.717, 1.165) is 22.7 Å². The van der Waals surface area contributed by atoms with Gasteiger partial charge in [-0.2, -0.15) is 9.57 Å². The number of amides is 1. The SMILES string of the molecule is Cc1ccc(S(=O)(=O)N(Cc2ccc(C#N)cc2)C(=O)O[C@@H]2C[C@@]3(C(C)C)CC[C@]2(C)O3)cc1. The van der Waals surface area contributed by atoms with Crippen molar-refractivity contribution in [1.82, 2.24) is 4.31 Å². The number of hydrogen-bond acceptors (Lipinski definition) is 6. The molecule has 4 rings (SSSR count). The lowest BCUT2D eigenvalue weighted by Gasteiger charge is -2.32. The van der Waals surface area contributed by atoms with Gasteiger partial charge in [0.1, 0.15) is 11.7 Å². The maximum absolute atomic E-state index is 13.5. The summed E-state index contributed by atoms with van der Waals surface area (Å²) in [4.78, 5) is 13.4. The normalized spacial score (nSPS) is 25.8. The summed E-state index contributed by atoms with van der Waals surface area (Å²) in [6.07, 6.45) is 0.733. The number of carbonyl (C=O) groups excluding carboxylic acids is 1. The van der Waals surface area contributed by atoms with Gasteiger partial charge in [0.25, 0.3) is 10.0 Å². The average molecular weight is 483 g/mol. The molecule has 2 aliphatic heterocycles. The molecular weight excluding hydrogens is 452 g/mol. The molecule has 2 saturated heterocycles. The molecular formula is C26H30N2O5S. The molecule has 34 heavy (non-hydrogen) atoms. The Morgan fingerprint density at radius 1 is 1.18 bits per heavy atom. The second-order valence-corrected chi connectivity index (χ2v) is 11.7. The molecule has 0 radical (unpaired) electrons. The summed E-state index contributed by atoms with van der Waals surface area (Å²) in [5.74, 6) is 0.254. The fourth-order valence-electron chi connectivity index (χ4n) is 4.85. The number of hydrogen-bond donors (Lipinski definition) is 0. The van der Waals surface area contributed by atoms with Crippen LogP contribution in [0.15, 0.2) is 53.4 Å². The third-order valence-electron chi connectivity index (χ3n) is 7.21. The zero-order valence-electron chi connectivity index (χ0n) is 19.9. The summed E-state index contributed by atoms with van der Waals surface area (Å²) < 4.78 is 40.1. The maximum Gasteiger partial charge on any atom is 0.424 e. The van der Waals surface area contributed by atoms with Crippen LogP contribution in [0.5, 0.6) is 0 Å². The van der Waals surface area contributed by atoms with Gasteiger partial charge in [-0.15, -0.1) is 0 Å². The third kappa shape index (κ3) is 4.30. The molecule has 2 heterocycles. The van der Waals surface area contributed by atoms with Crippen LogP contribution in [0, 0.1) is 24.2 Å². The van der Waals surface area contributed by atoms with E-state index in [0.29, 0.717) is 17.5 Å². The standard InChI is InChI=1S/C26H30N2O5S/c1-18(2)26-14-13-25(4,33-26)23(15-26)32-24(29)28(17-21-9-7-20(16-27)8-10-21)34(30,31)22-11-5-19(3)6-12-22/h5-12,18,23H,13-15,17H2,1-4H3/t23-,25+,26-/m1/s1. The summed E-state index contributed by atoms with van der Waals surface area (Å²) in [5, 5.41) is 9.05. The van der Waals surface area contributed by atoms with Crippen molar-refractivity contribution in [3.63, 3.8) is 0 Å². The minimum Gasteiger partial charge on any atom is -0.442 e. The van der Waals surface area contributed by atoms with Gasteiger partial charge in [0.2, 0.25) is 0 Å². The smallest absolute Gasteiger partial charge is 0.424 e. The Hall–Kier alpha value is -2.89. The lowest BCUT2D eigenvalue weighted by atomic mass is 9.75. The van der Waals surface area contributed by atoms with Gasteiger partial charge in [0, 0.05) is 6.42 Å². The molecule has 8 heteroatoms. The van der Waals surface area contributed by atoms with Crippen LogP contribution in [-0.2, 0) is 26.0 Å². The Labute approximate surface area is 201 Å². The van der Waals surface area contributed by atoms with E-state index in [4.69, 9.17) is 14.7 Å². The van der Waals surface area contributed by atoms with Gasteiger partial charge in [0.05, 0.1) is 28.7 Å². The van der Waals surface area contributed by atoms with Crippen molar-refractivity contribution in [2.45, 2.75) is 75.7 Å². The monoisotopic (exact) mass is 482 g/mol. The lowest BCUT2D eigenvalue weighted by Crippen LogP contribution is -2.44. The van der Waals surface area contributed by atoms with E-state index in [9.17, 15) is 13.2 Å². The number of aryl methyl sites for hydroxylation is 1. The van der Waals surface area contributed by atoms with Crippen LogP contribution in [0.2, 0.25) is 0 Å². The first-order chi connectivity index (χ1) is 16.0. The second-order valence-electron chi connectivity index (χ2n) is 9.84.